The average Bonchev–Trinajstić information content (AvgIpc) is 3.31. The van der Waals surface area contributed by atoms with Gasteiger partial charge in [-0.05, 0) is 38.0 Å². The number of para-hydroxylation sites is 1. The van der Waals surface area contributed by atoms with Gasteiger partial charge in [0, 0.05) is 29.4 Å². The number of aromatic nitrogens is 2. The summed E-state index contributed by atoms with van der Waals surface area (Å²) in [6.07, 6.45) is 0.830. The first-order valence-corrected chi connectivity index (χ1v) is 9.98. The van der Waals surface area contributed by atoms with Gasteiger partial charge >= 0.3 is 0 Å². The molecule has 8 nitrogen and oxygen atoms in total. The van der Waals surface area contributed by atoms with Gasteiger partial charge in [-0.2, -0.15) is 0 Å². The van der Waals surface area contributed by atoms with Gasteiger partial charge in [-0.15, -0.1) is 10.2 Å². The number of fused-ring (bicyclic) bond motifs is 1. The third kappa shape index (κ3) is 3.73. The summed E-state index contributed by atoms with van der Waals surface area (Å²) in [7, 11) is 0. The van der Waals surface area contributed by atoms with Crippen LogP contribution in [0.4, 0.5) is 11.4 Å². The number of carbonyl (C=O) groups excluding carboxylic acids is 1. The van der Waals surface area contributed by atoms with Crippen LogP contribution < -0.4 is 4.90 Å². The van der Waals surface area contributed by atoms with Crippen molar-refractivity contribution < 1.29 is 14.1 Å². The highest BCUT2D eigenvalue weighted by Crippen LogP contribution is 2.35. The van der Waals surface area contributed by atoms with Crippen molar-refractivity contribution in [3.05, 3.63) is 64.2 Å². The second-order valence-corrected chi connectivity index (χ2v) is 8.12. The quantitative estimate of drug-likeness (QED) is 0.354. The first-order chi connectivity index (χ1) is 13.9. The normalized spacial score (nSPS) is 16.5. The van der Waals surface area contributed by atoms with E-state index in [0.29, 0.717) is 5.56 Å². The predicted octanol–water partition coefficient (Wildman–Crippen LogP) is 4.10. The number of nitrogens with zero attached hydrogens (tertiary/aromatic N) is 4. The molecular weight excluding hydrogens is 392 g/mol. The van der Waals surface area contributed by atoms with E-state index in [-0.39, 0.29) is 28.7 Å². The maximum absolute atomic E-state index is 13.1. The SMILES string of the molecule is C[C@@H](Sc1nnc(-c2cccc([N+](=O)[O-])c2)o1)C(=O)N1c2ccccc2C[C@@H]1C. The summed E-state index contributed by atoms with van der Waals surface area (Å²) < 4.78 is 5.63. The van der Waals surface area contributed by atoms with E-state index in [0.717, 1.165) is 17.7 Å². The van der Waals surface area contributed by atoms with E-state index >= 15 is 0 Å². The van der Waals surface area contributed by atoms with Gasteiger partial charge < -0.3 is 9.32 Å². The van der Waals surface area contributed by atoms with E-state index in [1.54, 1.807) is 19.1 Å². The second-order valence-electron chi connectivity index (χ2n) is 6.83. The number of non-ortho nitro benzene ring substituents is 1. The zero-order valence-corrected chi connectivity index (χ0v) is 16.6. The minimum absolute atomic E-state index is 0.0254. The molecule has 0 radical (unpaired) electrons. The summed E-state index contributed by atoms with van der Waals surface area (Å²) in [6, 6.07) is 14.0. The van der Waals surface area contributed by atoms with Gasteiger partial charge in [0.15, 0.2) is 0 Å². The largest absolute Gasteiger partial charge is 0.411 e. The summed E-state index contributed by atoms with van der Waals surface area (Å²) in [4.78, 5) is 25.3. The molecule has 0 spiro atoms. The summed E-state index contributed by atoms with van der Waals surface area (Å²) in [6.45, 7) is 3.83. The molecule has 4 rings (SSSR count). The van der Waals surface area contributed by atoms with Crippen LogP contribution in [0.2, 0.25) is 0 Å². The number of nitro benzene ring substituents is 1. The van der Waals surface area contributed by atoms with Gasteiger partial charge in [0.1, 0.15) is 0 Å². The zero-order valence-electron chi connectivity index (χ0n) is 15.8. The molecule has 148 valence electrons. The molecule has 0 saturated carbocycles. The van der Waals surface area contributed by atoms with Crippen LogP contribution in [0, 0.1) is 10.1 Å². The van der Waals surface area contributed by atoms with Gasteiger partial charge in [-0.1, -0.05) is 36.0 Å². The third-order valence-electron chi connectivity index (χ3n) is 4.78. The highest BCUT2D eigenvalue weighted by Gasteiger charge is 2.34. The molecular formula is C20H18N4O4S. The number of carbonyl (C=O) groups is 1. The molecule has 0 saturated heterocycles. The Kier molecular flexibility index (Phi) is 5.06. The minimum Gasteiger partial charge on any atom is -0.411 e. The fourth-order valence-electron chi connectivity index (χ4n) is 3.43. The molecule has 3 aromatic rings. The maximum atomic E-state index is 13.1. The van der Waals surface area contributed by atoms with Crippen molar-refractivity contribution in [3.8, 4) is 11.5 Å². The summed E-state index contributed by atoms with van der Waals surface area (Å²) >= 11 is 1.18. The van der Waals surface area contributed by atoms with Crippen LogP contribution in [0.5, 0.6) is 0 Å². The van der Waals surface area contributed by atoms with Gasteiger partial charge in [-0.25, -0.2) is 0 Å². The maximum Gasteiger partial charge on any atom is 0.277 e. The number of hydrogen-bond donors (Lipinski definition) is 0. The number of anilines is 1. The van der Waals surface area contributed by atoms with Crippen molar-refractivity contribution in [2.75, 3.05) is 4.90 Å². The lowest BCUT2D eigenvalue weighted by Crippen LogP contribution is -2.40. The molecule has 1 aromatic heterocycles. The summed E-state index contributed by atoms with van der Waals surface area (Å²) in [5, 5.41) is 18.7. The smallest absolute Gasteiger partial charge is 0.277 e. The molecule has 2 aromatic carbocycles. The van der Waals surface area contributed by atoms with Gasteiger partial charge in [0.05, 0.1) is 10.2 Å². The van der Waals surface area contributed by atoms with Crippen LogP contribution in [-0.4, -0.2) is 32.3 Å². The number of thioether (sulfide) groups is 1. The summed E-state index contributed by atoms with van der Waals surface area (Å²) in [5.74, 6) is 0.151. The van der Waals surface area contributed by atoms with Gasteiger partial charge in [0.2, 0.25) is 11.8 Å². The zero-order chi connectivity index (χ0) is 20.5. The molecule has 2 atom stereocenters. The Bertz CT molecular complexity index is 1080. The lowest BCUT2D eigenvalue weighted by atomic mass is 10.1. The molecule has 0 aliphatic carbocycles. The Morgan fingerprint density at radius 3 is 2.86 bits per heavy atom. The van der Waals surface area contributed by atoms with Gasteiger partial charge in [-0.3, -0.25) is 14.9 Å². The lowest BCUT2D eigenvalue weighted by molar-refractivity contribution is -0.384. The van der Waals surface area contributed by atoms with Crippen LogP contribution in [0.15, 0.2) is 58.2 Å². The van der Waals surface area contributed by atoms with Crippen LogP contribution in [0.1, 0.15) is 19.4 Å². The second kappa shape index (κ2) is 7.67. The number of rotatable bonds is 5. The van der Waals surface area contributed by atoms with Crippen molar-refractivity contribution in [2.24, 2.45) is 0 Å². The van der Waals surface area contributed by atoms with Crippen molar-refractivity contribution in [2.45, 2.75) is 36.8 Å². The first-order valence-electron chi connectivity index (χ1n) is 9.10. The molecule has 0 fully saturated rings. The Hall–Kier alpha value is -3.20. The minimum atomic E-state index is -0.481. The number of hydrogen-bond acceptors (Lipinski definition) is 7. The molecule has 1 aliphatic rings. The average molecular weight is 410 g/mol. The van der Waals surface area contributed by atoms with E-state index < -0.39 is 10.2 Å². The Morgan fingerprint density at radius 1 is 1.28 bits per heavy atom. The Balaban J connectivity index is 1.50. The number of benzene rings is 2. The van der Waals surface area contributed by atoms with E-state index in [1.807, 2.05) is 36.1 Å². The molecule has 1 aliphatic heterocycles. The third-order valence-corrected chi connectivity index (χ3v) is 5.70. The predicted molar refractivity (Wildman–Crippen MR) is 109 cm³/mol. The summed E-state index contributed by atoms with van der Waals surface area (Å²) in [5.41, 5.74) is 2.51. The molecule has 1 amide bonds. The van der Waals surface area contributed by atoms with Crippen molar-refractivity contribution >= 4 is 29.0 Å². The van der Waals surface area contributed by atoms with Crippen LogP contribution in [0.3, 0.4) is 0 Å². The number of amides is 1. The van der Waals surface area contributed by atoms with Crippen LogP contribution >= 0.6 is 11.8 Å². The molecule has 0 bridgehead atoms. The fourth-order valence-corrected chi connectivity index (χ4v) is 4.16. The number of nitro groups is 1. The van der Waals surface area contributed by atoms with Crippen LogP contribution in [-0.2, 0) is 11.2 Å². The molecule has 2 heterocycles. The monoisotopic (exact) mass is 410 g/mol. The molecule has 9 heteroatoms. The molecule has 0 unspecified atom stereocenters. The van der Waals surface area contributed by atoms with Gasteiger partial charge in [0.25, 0.3) is 10.9 Å². The van der Waals surface area contributed by atoms with Crippen molar-refractivity contribution in [1.29, 1.82) is 0 Å². The Morgan fingerprint density at radius 2 is 2.07 bits per heavy atom. The van der Waals surface area contributed by atoms with E-state index in [1.165, 1.54) is 23.9 Å². The van der Waals surface area contributed by atoms with Crippen molar-refractivity contribution in [1.82, 2.24) is 10.2 Å². The highest BCUT2D eigenvalue weighted by molar-refractivity contribution is 8.00. The fraction of sp³-hybridized carbons (Fsp3) is 0.250. The Labute approximate surface area is 171 Å². The van der Waals surface area contributed by atoms with Crippen molar-refractivity contribution in [3.63, 3.8) is 0 Å². The molecule has 29 heavy (non-hydrogen) atoms. The first kappa shape index (κ1) is 19.1. The highest BCUT2D eigenvalue weighted by atomic mass is 32.2. The van der Waals surface area contributed by atoms with Crippen LogP contribution in [0.25, 0.3) is 11.5 Å². The lowest BCUT2D eigenvalue weighted by Gasteiger charge is -2.25. The molecule has 0 N–H and O–H groups in total. The topological polar surface area (TPSA) is 102 Å². The van der Waals surface area contributed by atoms with E-state index in [2.05, 4.69) is 10.2 Å². The standard InChI is InChI=1S/C20H18N4O4S/c1-12-10-14-6-3-4-9-17(14)23(12)19(25)13(2)29-20-22-21-18(28-20)15-7-5-8-16(11-15)24(26)27/h3-9,11-13H,10H2,1-2H3/t12-,13+/m0/s1. The van der Waals surface area contributed by atoms with E-state index in [4.69, 9.17) is 4.42 Å². The van der Waals surface area contributed by atoms with E-state index in [9.17, 15) is 14.9 Å².